The van der Waals surface area contributed by atoms with Crippen LogP contribution in [0.25, 0.3) is 11.0 Å². The number of rotatable bonds is 5. The molecule has 8 nitrogen and oxygen atoms in total. The molecule has 3 aliphatic rings. The second-order valence-corrected chi connectivity index (χ2v) is 10.2. The van der Waals surface area contributed by atoms with E-state index < -0.39 is 11.5 Å². The van der Waals surface area contributed by atoms with Crippen LogP contribution in [0.4, 0.5) is 8.78 Å². The van der Waals surface area contributed by atoms with E-state index in [0.717, 1.165) is 35.4 Å². The molecule has 178 valence electrons. The lowest BCUT2D eigenvalue weighted by Gasteiger charge is -2.36. The van der Waals surface area contributed by atoms with E-state index >= 15 is 4.39 Å². The minimum atomic E-state index is -1.96. The number of thioether (sulfide) groups is 1. The molecule has 1 atom stereocenters. The van der Waals surface area contributed by atoms with Gasteiger partial charge in [-0.1, -0.05) is 0 Å². The van der Waals surface area contributed by atoms with Gasteiger partial charge >= 0.3 is 0 Å². The summed E-state index contributed by atoms with van der Waals surface area (Å²) in [4.78, 5) is 19.4. The summed E-state index contributed by atoms with van der Waals surface area (Å²) in [7, 11) is 0. The summed E-state index contributed by atoms with van der Waals surface area (Å²) in [5.41, 5.74) is -0.748. The van der Waals surface area contributed by atoms with Crippen molar-refractivity contribution in [2.45, 2.75) is 42.5 Å². The van der Waals surface area contributed by atoms with E-state index in [0.29, 0.717) is 37.6 Å². The number of hydrogen-bond acceptors (Lipinski definition) is 8. The minimum Gasteiger partial charge on any atom is -0.475 e. The summed E-state index contributed by atoms with van der Waals surface area (Å²) in [5.74, 6) is 0.820. The lowest BCUT2D eigenvalue weighted by atomic mass is 9.95. The summed E-state index contributed by atoms with van der Waals surface area (Å²) >= 11 is 1.73. The smallest absolute Gasteiger partial charge is 0.251 e. The Morgan fingerprint density at radius 3 is 2.97 bits per heavy atom. The maximum Gasteiger partial charge on any atom is 0.251 e. The van der Waals surface area contributed by atoms with E-state index in [1.54, 1.807) is 11.8 Å². The van der Waals surface area contributed by atoms with Crippen molar-refractivity contribution in [2.75, 3.05) is 32.0 Å². The molecule has 0 aliphatic carbocycles. The Bertz CT molecular complexity index is 1310. The quantitative estimate of drug-likeness (QED) is 0.588. The van der Waals surface area contributed by atoms with Gasteiger partial charge in [-0.25, -0.2) is 8.78 Å². The number of nitrogens with one attached hydrogen (secondary N) is 1. The third-order valence-corrected chi connectivity index (χ3v) is 7.78. The van der Waals surface area contributed by atoms with Crippen LogP contribution in [-0.4, -0.2) is 62.7 Å². The van der Waals surface area contributed by atoms with E-state index in [1.807, 2.05) is 11.0 Å². The number of halogens is 2. The highest BCUT2D eigenvalue weighted by molar-refractivity contribution is 7.99. The van der Waals surface area contributed by atoms with Crippen LogP contribution in [0.2, 0.25) is 0 Å². The Morgan fingerprint density at radius 1 is 1.26 bits per heavy atom. The summed E-state index contributed by atoms with van der Waals surface area (Å²) in [6.07, 6.45) is 2.73. The first kappa shape index (κ1) is 21.9. The molecule has 0 spiro atoms. The Labute approximate surface area is 198 Å². The van der Waals surface area contributed by atoms with Gasteiger partial charge in [0, 0.05) is 31.0 Å². The van der Waals surface area contributed by atoms with E-state index in [-0.39, 0.29) is 35.8 Å². The molecule has 3 aromatic rings. The van der Waals surface area contributed by atoms with Gasteiger partial charge < -0.3 is 14.6 Å². The Balaban J connectivity index is 1.09. The van der Waals surface area contributed by atoms with Crippen LogP contribution < -0.4 is 15.6 Å². The van der Waals surface area contributed by atoms with Crippen LogP contribution in [-0.2, 0) is 18.8 Å². The van der Waals surface area contributed by atoms with Gasteiger partial charge in [0.05, 0.1) is 46.5 Å². The van der Waals surface area contributed by atoms with Crippen molar-refractivity contribution in [2.24, 2.45) is 0 Å². The van der Waals surface area contributed by atoms with Gasteiger partial charge in [-0.05, 0) is 38.1 Å². The molecule has 0 bridgehead atoms. The van der Waals surface area contributed by atoms with Crippen LogP contribution in [0.5, 0.6) is 5.88 Å². The zero-order valence-corrected chi connectivity index (χ0v) is 19.3. The Morgan fingerprint density at radius 2 is 2.12 bits per heavy atom. The molecule has 3 aliphatic heterocycles. The first-order valence-corrected chi connectivity index (χ1v) is 12.4. The molecule has 34 heavy (non-hydrogen) atoms. The van der Waals surface area contributed by atoms with Crippen molar-refractivity contribution in [1.29, 1.82) is 0 Å². The third kappa shape index (κ3) is 3.85. The molecule has 1 saturated heterocycles. The van der Waals surface area contributed by atoms with Crippen molar-refractivity contribution >= 4 is 22.8 Å². The summed E-state index contributed by atoms with van der Waals surface area (Å²) < 4.78 is 37.7. The van der Waals surface area contributed by atoms with Crippen molar-refractivity contribution < 1.29 is 13.5 Å². The monoisotopic (exact) mass is 486 g/mol. The highest BCUT2D eigenvalue weighted by Crippen LogP contribution is 2.41. The summed E-state index contributed by atoms with van der Waals surface area (Å²) in [6, 6.07) is 5.18. The molecular formula is C23H24F2N6O2S. The second kappa shape index (κ2) is 8.54. The number of piperidine rings is 1. The lowest BCUT2D eigenvalue weighted by molar-refractivity contribution is 0.0636. The number of likely N-dealkylation sites (tertiary alicyclic amines) is 1. The largest absolute Gasteiger partial charge is 0.475 e. The predicted molar refractivity (Wildman–Crippen MR) is 123 cm³/mol. The van der Waals surface area contributed by atoms with Crippen LogP contribution in [0.15, 0.2) is 34.1 Å². The van der Waals surface area contributed by atoms with Crippen LogP contribution in [0.3, 0.4) is 0 Å². The molecule has 1 fully saturated rings. The first-order chi connectivity index (χ1) is 16.5. The average Bonchev–Trinajstić information content (AvgIpc) is 3.17. The molecule has 3 aromatic heterocycles. The van der Waals surface area contributed by atoms with E-state index in [4.69, 9.17) is 4.74 Å². The highest BCUT2D eigenvalue weighted by atomic mass is 32.2. The normalized spacial score (nSPS) is 22.6. The molecule has 11 heteroatoms. The summed E-state index contributed by atoms with van der Waals surface area (Å²) in [6.45, 7) is 2.50. The third-order valence-electron chi connectivity index (χ3n) is 6.80. The van der Waals surface area contributed by atoms with Gasteiger partial charge in [-0.3, -0.25) is 14.7 Å². The molecule has 0 aromatic carbocycles. The Kier molecular flexibility index (Phi) is 5.50. The molecule has 1 N–H and O–H groups in total. The number of pyridine rings is 2. The van der Waals surface area contributed by atoms with E-state index in [1.165, 1.54) is 16.7 Å². The predicted octanol–water partition coefficient (Wildman–Crippen LogP) is 2.24. The van der Waals surface area contributed by atoms with Crippen molar-refractivity contribution in [3.63, 3.8) is 0 Å². The van der Waals surface area contributed by atoms with Crippen molar-refractivity contribution in [3.8, 4) is 5.88 Å². The number of hydrogen-bond donors (Lipinski definition) is 1. The molecule has 0 amide bonds. The van der Waals surface area contributed by atoms with Gasteiger partial charge in [0.2, 0.25) is 5.88 Å². The average molecular weight is 487 g/mol. The number of fused-ring (bicyclic) bond motifs is 1. The van der Waals surface area contributed by atoms with Gasteiger partial charge in [0.1, 0.15) is 5.82 Å². The van der Waals surface area contributed by atoms with Gasteiger partial charge in [-0.15, -0.1) is 16.9 Å². The maximum atomic E-state index is 16.2. The van der Waals surface area contributed by atoms with Crippen LogP contribution >= 0.6 is 11.8 Å². The number of nitrogens with zero attached hydrogens (tertiary/aromatic N) is 5. The molecule has 0 radical (unpaired) electrons. The molecule has 0 saturated carbocycles. The second-order valence-electron chi connectivity index (χ2n) is 9.07. The fourth-order valence-corrected chi connectivity index (χ4v) is 5.99. The number of ether oxygens (including phenoxy) is 1. The zero-order valence-electron chi connectivity index (χ0n) is 18.5. The molecule has 6 rings (SSSR count). The van der Waals surface area contributed by atoms with Gasteiger partial charge in [0.15, 0.2) is 5.67 Å². The molecule has 6 heterocycles. The number of alkyl halides is 1. The van der Waals surface area contributed by atoms with E-state index in [9.17, 15) is 9.18 Å². The maximum absolute atomic E-state index is 16.2. The molecular weight excluding hydrogens is 462 g/mol. The SMILES string of the molecule is O=c1ccc2ncc(F)c3c2n1C[C@@]3(F)CN1CCC(NCc2cc3c(nn2)OCCS3)CC1. The first-order valence-electron chi connectivity index (χ1n) is 11.5. The molecule has 0 unspecified atom stereocenters. The van der Waals surface area contributed by atoms with Crippen molar-refractivity contribution in [3.05, 3.63) is 51.8 Å². The van der Waals surface area contributed by atoms with E-state index in [2.05, 4.69) is 20.5 Å². The standard InChI is InChI=1S/C23H24F2N6O2S/c24-16-11-27-17-1-2-19(32)31-13-23(25,20(16)21(17)31)12-30-5-3-14(4-6-30)26-10-15-9-18-22(29-28-15)33-7-8-34-18/h1-2,9,11,14,26H,3-8,10,12-13H2/t23-/m0/s1. The topological polar surface area (TPSA) is 85.2 Å². The fourth-order valence-electron chi connectivity index (χ4n) is 5.16. The number of aromatic nitrogens is 4. The van der Waals surface area contributed by atoms with Gasteiger partial charge in [0.25, 0.3) is 5.56 Å². The van der Waals surface area contributed by atoms with Crippen LogP contribution in [0.1, 0.15) is 24.1 Å². The zero-order chi connectivity index (χ0) is 23.3. The van der Waals surface area contributed by atoms with Crippen LogP contribution in [0, 0.1) is 5.82 Å². The lowest BCUT2D eigenvalue weighted by Crippen LogP contribution is -2.47. The van der Waals surface area contributed by atoms with Crippen molar-refractivity contribution in [1.82, 2.24) is 30.0 Å². The van der Waals surface area contributed by atoms with Gasteiger partial charge in [-0.2, -0.15) is 5.10 Å². The highest BCUT2D eigenvalue weighted by Gasteiger charge is 2.45. The Hall–Kier alpha value is -2.63. The fraction of sp³-hybridized carbons (Fsp3) is 0.478. The minimum absolute atomic E-state index is 0.0386. The summed E-state index contributed by atoms with van der Waals surface area (Å²) in [5, 5.41) is 11.9.